The summed E-state index contributed by atoms with van der Waals surface area (Å²) in [4.78, 5) is 50.4. The van der Waals surface area contributed by atoms with Crippen LogP contribution in [-0.4, -0.2) is 23.1 Å². The second-order valence-electron chi connectivity index (χ2n) is 7.61. The molecule has 0 saturated heterocycles. The molecule has 4 heteroatoms. The van der Waals surface area contributed by atoms with Crippen LogP contribution >= 0.6 is 0 Å². The number of carbonyl (C=O) groups excluding carboxylic acids is 4. The average Bonchev–Trinajstić information content (AvgIpc) is 2.63. The largest absolute Gasteiger partial charge is 0.298 e. The van der Waals surface area contributed by atoms with Gasteiger partial charge in [-0.1, -0.05) is 37.1 Å². The van der Waals surface area contributed by atoms with Crippen LogP contribution in [0.1, 0.15) is 60.8 Å². The maximum Gasteiger partial charge on any atom is 0.217 e. The molecule has 0 heterocycles. The number of hydrogen-bond donors (Lipinski definition) is 0. The molecule has 1 aliphatic rings. The van der Waals surface area contributed by atoms with E-state index in [1.165, 1.54) is 0 Å². The van der Waals surface area contributed by atoms with Crippen molar-refractivity contribution in [2.75, 3.05) is 0 Å². The monoisotopic (exact) mass is 332 g/mol. The van der Waals surface area contributed by atoms with Gasteiger partial charge in [-0.3, -0.25) is 19.2 Å². The molecule has 0 radical (unpaired) electrons. The Hall–Kier alpha value is -1.84. The molecule has 1 aliphatic carbocycles. The van der Waals surface area contributed by atoms with Crippen LogP contribution in [-0.2, 0) is 19.2 Å². The molecule has 1 fully saturated rings. The lowest BCUT2D eigenvalue weighted by Crippen LogP contribution is -2.35. The van der Waals surface area contributed by atoms with Crippen molar-refractivity contribution >= 4 is 23.1 Å². The van der Waals surface area contributed by atoms with Gasteiger partial charge in [0.2, 0.25) is 11.6 Å². The summed E-state index contributed by atoms with van der Waals surface area (Å²) in [5.74, 6) is -3.84. The van der Waals surface area contributed by atoms with E-state index >= 15 is 0 Å². The van der Waals surface area contributed by atoms with E-state index in [-0.39, 0.29) is 25.2 Å². The van der Waals surface area contributed by atoms with Gasteiger partial charge in [0, 0.05) is 6.42 Å². The predicted octanol–water partition coefficient (Wildman–Crippen LogP) is 3.64. The van der Waals surface area contributed by atoms with Crippen molar-refractivity contribution in [3.63, 3.8) is 0 Å². The van der Waals surface area contributed by atoms with Crippen molar-refractivity contribution in [2.45, 2.75) is 60.8 Å². The first kappa shape index (κ1) is 20.2. The van der Waals surface area contributed by atoms with Crippen LogP contribution in [0.25, 0.3) is 0 Å². The van der Waals surface area contributed by atoms with Crippen LogP contribution in [0.4, 0.5) is 0 Å². The van der Waals surface area contributed by atoms with E-state index in [1.54, 1.807) is 12.2 Å². The maximum absolute atomic E-state index is 13.0. The second-order valence-corrected chi connectivity index (χ2v) is 7.61. The summed E-state index contributed by atoms with van der Waals surface area (Å²) >= 11 is 0. The minimum absolute atomic E-state index is 0.0405. The quantitative estimate of drug-likeness (QED) is 0.405. The zero-order valence-electron chi connectivity index (χ0n) is 15.6. The van der Waals surface area contributed by atoms with Crippen LogP contribution in [0.3, 0.4) is 0 Å². The molecule has 1 saturated carbocycles. The van der Waals surface area contributed by atoms with E-state index in [2.05, 4.69) is 0 Å². The zero-order chi connectivity index (χ0) is 18.7. The Labute approximate surface area is 144 Å². The molecule has 4 nitrogen and oxygen atoms in total. The Bertz CT molecular complexity index is 592. The van der Waals surface area contributed by atoms with Gasteiger partial charge in [-0.2, -0.15) is 0 Å². The van der Waals surface area contributed by atoms with Crippen molar-refractivity contribution in [1.82, 2.24) is 0 Å². The zero-order valence-corrected chi connectivity index (χ0v) is 15.6. The fourth-order valence-corrected chi connectivity index (χ4v) is 2.91. The number of ketones is 4. The van der Waals surface area contributed by atoms with Gasteiger partial charge in [-0.25, -0.2) is 0 Å². The highest BCUT2D eigenvalue weighted by Crippen LogP contribution is 2.41. The summed E-state index contributed by atoms with van der Waals surface area (Å²) < 4.78 is 0. The van der Waals surface area contributed by atoms with Crippen molar-refractivity contribution < 1.29 is 19.2 Å². The van der Waals surface area contributed by atoms with Crippen LogP contribution < -0.4 is 0 Å². The molecule has 0 spiro atoms. The summed E-state index contributed by atoms with van der Waals surface area (Å²) in [5, 5.41) is 0. The van der Waals surface area contributed by atoms with E-state index in [0.717, 1.165) is 11.1 Å². The molecule has 132 valence electrons. The predicted molar refractivity (Wildman–Crippen MR) is 93.5 cm³/mol. The first-order chi connectivity index (χ1) is 11.0. The van der Waals surface area contributed by atoms with Crippen LogP contribution in [0, 0.1) is 17.3 Å². The number of allylic oxidation sites excluding steroid dienone is 4. The van der Waals surface area contributed by atoms with E-state index < -0.39 is 34.5 Å². The fourth-order valence-electron chi connectivity index (χ4n) is 2.91. The van der Waals surface area contributed by atoms with Crippen LogP contribution in [0.5, 0.6) is 0 Å². The molecule has 24 heavy (non-hydrogen) atoms. The minimum atomic E-state index is -1.41. The van der Waals surface area contributed by atoms with Crippen molar-refractivity contribution in [1.29, 1.82) is 0 Å². The second kappa shape index (κ2) is 7.82. The SMILES string of the molecule is CC(C)=CCC1(CC=C(C)C)C(=O)C(=O)C(C(=O)CC(C)C)C1=O. The van der Waals surface area contributed by atoms with E-state index in [0.29, 0.717) is 0 Å². The molecule has 0 aliphatic heterocycles. The molecule has 1 unspecified atom stereocenters. The first-order valence-corrected chi connectivity index (χ1v) is 8.45. The van der Waals surface area contributed by atoms with Crippen molar-refractivity contribution in [3.8, 4) is 0 Å². The summed E-state index contributed by atoms with van der Waals surface area (Å²) in [7, 11) is 0. The molecule has 0 amide bonds. The highest BCUT2D eigenvalue weighted by Gasteiger charge is 2.60. The molecular weight excluding hydrogens is 304 g/mol. The van der Waals surface area contributed by atoms with Gasteiger partial charge < -0.3 is 0 Å². The highest BCUT2D eigenvalue weighted by atomic mass is 16.2. The van der Waals surface area contributed by atoms with Gasteiger partial charge in [0.05, 0.1) is 0 Å². The van der Waals surface area contributed by atoms with Gasteiger partial charge in [-0.05, 0) is 46.5 Å². The third-order valence-electron chi connectivity index (χ3n) is 4.30. The summed E-state index contributed by atoms with van der Waals surface area (Å²) in [6.45, 7) is 11.2. The lowest BCUT2D eigenvalue weighted by Gasteiger charge is -2.23. The normalized spacial score (nSPS) is 19.6. The molecule has 1 rings (SSSR count). The highest BCUT2D eigenvalue weighted by molar-refractivity contribution is 6.57. The van der Waals surface area contributed by atoms with E-state index in [1.807, 2.05) is 41.5 Å². The lowest BCUT2D eigenvalue weighted by molar-refractivity contribution is -0.141. The van der Waals surface area contributed by atoms with E-state index in [4.69, 9.17) is 0 Å². The number of carbonyl (C=O) groups is 4. The molecule has 0 N–H and O–H groups in total. The number of Topliss-reactive ketones (excluding diaryl/α,β-unsaturated/α-hetero) is 4. The standard InChI is InChI=1S/C20H28O4/c1-12(2)7-9-20(10-8-13(3)4)18(23)16(17(22)19(20)24)15(21)11-14(5)6/h7-8,14,16H,9-11H2,1-6H3. The minimum Gasteiger partial charge on any atom is -0.298 e. The molecular formula is C20H28O4. The van der Waals surface area contributed by atoms with Gasteiger partial charge in [-0.15, -0.1) is 0 Å². The summed E-state index contributed by atoms with van der Waals surface area (Å²) in [6, 6.07) is 0. The fraction of sp³-hybridized carbons (Fsp3) is 0.600. The van der Waals surface area contributed by atoms with Gasteiger partial charge >= 0.3 is 0 Å². The molecule has 1 atom stereocenters. The first-order valence-electron chi connectivity index (χ1n) is 8.45. The van der Waals surface area contributed by atoms with Crippen molar-refractivity contribution in [3.05, 3.63) is 23.3 Å². The van der Waals surface area contributed by atoms with Crippen molar-refractivity contribution in [2.24, 2.45) is 17.3 Å². The summed E-state index contributed by atoms with van der Waals surface area (Å²) in [6.07, 6.45) is 4.09. The average molecular weight is 332 g/mol. The van der Waals surface area contributed by atoms with Gasteiger partial charge in [0.1, 0.15) is 11.3 Å². The Kier molecular flexibility index (Phi) is 6.58. The van der Waals surface area contributed by atoms with Gasteiger partial charge in [0.25, 0.3) is 0 Å². The van der Waals surface area contributed by atoms with Crippen LogP contribution in [0.2, 0.25) is 0 Å². The topological polar surface area (TPSA) is 68.3 Å². The summed E-state index contributed by atoms with van der Waals surface area (Å²) in [5.41, 5.74) is 0.524. The third kappa shape index (κ3) is 4.16. The number of rotatable bonds is 7. The molecule has 0 aromatic rings. The lowest BCUT2D eigenvalue weighted by atomic mass is 9.75. The third-order valence-corrected chi connectivity index (χ3v) is 4.30. The number of hydrogen-bond acceptors (Lipinski definition) is 4. The van der Waals surface area contributed by atoms with Crippen LogP contribution in [0.15, 0.2) is 23.3 Å². The van der Waals surface area contributed by atoms with Gasteiger partial charge in [0.15, 0.2) is 11.6 Å². The van der Waals surface area contributed by atoms with E-state index in [9.17, 15) is 19.2 Å². The molecule has 0 aromatic carbocycles. The Morgan fingerprint density at radius 3 is 1.83 bits per heavy atom. The molecule has 0 aromatic heterocycles. The smallest absolute Gasteiger partial charge is 0.217 e. The Balaban J connectivity index is 3.32. The maximum atomic E-state index is 13.0. The Morgan fingerprint density at radius 1 is 1.00 bits per heavy atom. The molecule has 0 bridgehead atoms. The Morgan fingerprint density at radius 2 is 1.46 bits per heavy atom.